The van der Waals surface area contributed by atoms with Crippen LogP contribution in [0, 0.1) is 0 Å². The maximum Gasteiger partial charge on any atom is 0.0582 e. The molecule has 0 fully saturated rings. The van der Waals surface area contributed by atoms with Crippen molar-refractivity contribution < 1.29 is 0 Å². The van der Waals surface area contributed by atoms with Gasteiger partial charge in [-0.15, -0.1) is 0 Å². The minimum absolute atomic E-state index is 0.197. The predicted molar refractivity (Wildman–Crippen MR) is 617 cm³/mol. The van der Waals surface area contributed by atoms with Crippen molar-refractivity contribution in [2.45, 2.75) is 116 Å². The Hall–Kier alpha value is -16.9. The number of rotatable bonds is 8. The highest BCUT2D eigenvalue weighted by Gasteiger charge is 2.48. The van der Waals surface area contributed by atoms with Gasteiger partial charge in [-0.05, 0) is 284 Å². The Kier molecular flexibility index (Phi) is 16.6. The SMILES string of the molecule is CC1(C)c2cc(-c3ccc4c(-c5ccccc5)c5cc(-c6cc7c8c(c6)C(C)(C)c6cccc9c%10cccc(c%10n-8c69)C7(C)C)ccc5c(-c5ccccc5)c4c3)cc3c2-n2c4c1cccc4c1cccc(c12)C3(C)C.CC1(C)c2cc(-c3ccc4c(-c5ccccc5)c5cc(-c6ccc7c(c6)C(C)(C)c6cccc8c9ccccc9n-7c68)ccc5c(-c5ccccc5)c4c3)ccc2-n2c3ccccc3c3cccc1c32. The van der Waals surface area contributed by atoms with Crippen LogP contribution in [0.1, 0.15) is 150 Å². The molecule has 10 heterocycles. The van der Waals surface area contributed by atoms with Gasteiger partial charge in [0.15, 0.2) is 0 Å². The molecule has 0 saturated carbocycles. The second-order valence-corrected chi connectivity index (χ2v) is 45.6. The number of para-hydroxylation sites is 8. The van der Waals surface area contributed by atoms with E-state index >= 15 is 0 Å². The van der Waals surface area contributed by atoms with Crippen molar-refractivity contribution in [1.82, 2.24) is 18.3 Å². The van der Waals surface area contributed by atoms with Crippen LogP contribution in [-0.2, 0) is 32.5 Å². The zero-order valence-corrected chi connectivity index (χ0v) is 84.0. The first-order valence-electron chi connectivity index (χ1n) is 52.2. The normalized spacial score (nSPS) is 15.3. The van der Waals surface area contributed by atoms with Gasteiger partial charge in [-0.2, -0.15) is 0 Å². The van der Waals surface area contributed by atoms with E-state index in [1.807, 2.05) is 0 Å². The van der Waals surface area contributed by atoms with Gasteiger partial charge in [0.2, 0.25) is 0 Å². The van der Waals surface area contributed by atoms with Gasteiger partial charge in [0.05, 0.1) is 66.9 Å². The lowest BCUT2D eigenvalue weighted by Crippen LogP contribution is -2.33. The lowest BCUT2D eigenvalue weighted by atomic mass is 9.67. The van der Waals surface area contributed by atoms with E-state index in [0.717, 1.165) is 0 Å². The summed E-state index contributed by atoms with van der Waals surface area (Å²) in [6.45, 7) is 29.2. The topological polar surface area (TPSA) is 19.7 Å². The minimum Gasteiger partial charge on any atom is -0.309 e. The van der Waals surface area contributed by atoms with Crippen LogP contribution in [-0.4, -0.2) is 18.3 Å². The Morgan fingerprint density at radius 1 is 0.130 bits per heavy atom. The van der Waals surface area contributed by atoms with E-state index in [1.54, 1.807) is 0 Å². The number of aromatic nitrogens is 4. The van der Waals surface area contributed by atoms with E-state index in [4.69, 9.17) is 0 Å². The maximum absolute atomic E-state index is 2.64. The smallest absolute Gasteiger partial charge is 0.0582 e. The molecule has 0 atom stereocenters. The zero-order chi connectivity index (χ0) is 97.7. The highest BCUT2D eigenvalue weighted by atomic mass is 15.0. The number of hydrogen-bond acceptors (Lipinski definition) is 0. The second-order valence-electron chi connectivity index (χ2n) is 45.6. The fourth-order valence-corrected chi connectivity index (χ4v) is 28.8. The summed E-state index contributed by atoms with van der Waals surface area (Å²) in [6, 6.07) is 158. The van der Waals surface area contributed by atoms with Crippen molar-refractivity contribution in [3.63, 3.8) is 0 Å². The number of benzene rings is 22. The highest BCUT2D eigenvalue weighted by Crippen LogP contribution is 2.62. The quantitative estimate of drug-likeness (QED) is 0.135. The molecule has 0 bridgehead atoms. The third-order valence-electron chi connectivity index (χ3n) is 36.0. The first-order valence-corrected chi connectivity index (χ1v) is 52.2. The summed E-state index contributed by atoms with van der Waals surface area (Å²) < 4.78 is 10.3. The van der Waals surface area contributed by atoms with Gasteiger partial charge in [0.1, 0.15) is 0 Å². The van der Waals surface area contributed by atoms with Crippen molar-refractivity contribution in [2.24, 2.45) is 0 Å². The molecular weight excluding hydrogens is 1760 g/mol. The third-order valence-corrected chi connectivity index (χ3v) is 36.0. The minimum atomic E-state index is -0.213. The summed E-state index contributed by atoms with van der Waals surface area (Å²) in [7, 11) is 0. The van der Waals surface area contributed by atoms with E-state index in [2.05, 4.69) is 514 Å². The molecule has 32 rings (SSSR count). The van der Waals surface area contributed by atoms with E-state index in [9.17, 15) is 0 Å². The van der Waals surface area contributed by atoms with Crippen LogP contribution in [0.5, 0.6) is 0 Å². The monoisotopic (exact) mass is 1860 g/mol. The van der Waals surface area contributed by atoms with Crippen LogP contribution >= 0.6 is 0 Å². The van der Waals surface area contributed by atoms with Gasteiger partial charge in [-0.3, -0.25) is 0 Å². The maximum atomic E-state index is 2.64. The van der Waals surface area contributed by atoms with E-state index in [0.29, 0.717) is 0 Å². The Morgan fingerprint density at radius 3 is 0.610 bits per heavy atom. The van der Waals surface area contributed by atoms with E-state index in [-0.39, 0.29) is 32.5 Å². The van der Waals surface area contributed by atoms with Gasteiger partial charge in [-0.25, -0.2) is 0 Å². The molecule has 0 radical (unpaired) electrons. The Bertz CT molecular complexity index is 9630. The van der Waals surface area contributed by atoms with Gasteiger partial charge in [0.25, 0.3) is 0 Å². The summed E-state index contributed by atoms with van der Waals surface area (Å²) >= 11 is 0. The second kappa shape index (κ2) is 29.0. The molecule has 146 heavy (non-hydrogen) atoms. The van der Waals surface area contributed by atoms with Crippen LogP contribution in [0.15, 0.2) is 413 Å². The third kappa shape index (κ3) is 10.9. The zero-order valence-electron chi connectivity index (χ0n) is 84.0. The molecule has 4 aromatic heterocycles. The number of hydrogen-bond donors (Lipinski definition) is 0. The molecular formula is C142H104N4. The summed E-state index contributed by atoms with van der Waals surface area (Å²) in [6.07, 6.45) is 0. The summed E-state index contributed by atoms with van der Waals surface area (Å²) in [5, 5.41) is 20.7. The molecule has 6 aliphatic rings. The predicted octanol–water partition coefficient (Wildman–Crippen LogP) is 37.5. The van der Waals surface area contributed by atoms with Gasteiger partial charge >= 0.3 is 0 Å². The molecule has 26 aromatic rings. The Morgan fingerprint density at radius 2 is 0.336 bits per heavy atom. The van der Waals surface area contributed by atoms with Crippen LogP contribution in [0.3, 0.4) is 0 Å². The van der Waals surface area contributed by atoms with Crippen molar-refractivity contribution in [3.05, 3.63) is 479 Å². The standard InChI is InChI=1S/C74H56N2.C68H48N2/c1-71(2)55-27-15-23-49-50-24-16-28-56-66(50)75(65(49)55)69-59(71)37-45(38-60(69)72(56,3)4)43-31-33-47-53(35-43)63(41-19-11-9-12-20-41)48-34-32-44(36-54(48)64(47)42-21-13-10-14-22-42)46-39-61-70-62(40-46)74(7,8)58-30-18-26-52-51-25-17-29-57(73(61,5)6)67(51)76(70)68(52)58;1-67(2)55-25-15-23-51-47-21-11-13-27-59(47)69(65(51)55)61-35-31-45(39-57(61)67)43-29-33-49-53(37-43)63(41-17-7-5-8-18-41)50-34-30-44(38-54(50)64(49)42-19-9-6-10-20-42)46-32-36-62-58(40-46)68(3,4)56-26-16-24-52-48-22-12-14-28-60(48)70(62)66(52)56/h9-40H,1-8H3;5-40H,1-4H3. The highest BCUT2D eigenvalue weighted by molar-refractivity contribution is 6.26. The van der Waals surface area contributed by atoms with Gasteiger partial charge in [-0.1, -0.05) is 411 Å². The largest absolute Gasteiger partial charge is 0.309 e. The number of nitrogens with zero attached hydrogens (tertiary/aromatic N) is 4. The van der Waals surface area contributed by atoms with Crippen molar-refractivity contribution in [2.75, 3.05) is 0 Å². The lowest BCUT2D eigenvalue weighted by molar-refractivity contribution is 0.594. The molecule has 0 unspecified atom stereocenters. The van der Waals surface area contributed by atoms with Crippen molar-refractivity contribution >= 4 is 130 Å². The molecule has 22 aromatic carbocycles. The first kappa shape index (κ1) is 83.7. The molecule has 0 amide bonds. The average Bonchev–Trinajstić information content (AvgIpc) is 1.50. The fraction of sp³-hybridized carbons (Fsp3) is 0.127. The molecule has 692 valence electrons. The molecule has 4 nitrogen and oxygen atoms in total. The summed E-state index contributed by atoms with van der Waals surface area (Å²) in [5.74, 6) is 0. The average molecular weight is 1870 g/mol. The van der Waals surface area contributed by atoms with Gasteiger partial charge in [0, 0.05) is 75.6 Å². The van der Waals surface area contributed by atoms with Gasteiger partial charge < -0.3 is 18.3 Å². The van der Waals surface area contributed by atoms with Crippen molar-refractivity contribution in [1.29, 1.82) is 0 Å². The molecule has 4 heteroatoms. The molecule has 0 spiro atoms. The van der Waals surface area contributed by atoms with E-state index < -0.39 is 0 Å². The molecule has 6 aliphatic heterocycles. The lowest BCUT2D eigenvalue weighted by Gasteiger charge is -2.42. The molecule has 0 aliphatic carbocycles. The van der Waals surface area contributed by atoms with Crippen LogP contribution in [0.2, 0.25) is 0 Å². The summed E-state index contributed by atoms with van der Waals surface area (Å²) in [4.78, 5) is 0. The number of fused-ring (bicyclic) bond motifs is 16. The Labute approximate surface area is 849 Å². The van der Waals surface area contributed by atoms with E-state index in [1.165, 1.54) is 309 Å². The summed E-state index contributed by atoms with van der Waals surface area (Å²) in [5.41, 5.74) is 51.1. The molecule has 0 N–H and O–H groups in total. The van der Waals surface area contributed by atoms with Crippen molar-refractivity contribution in [3.8, 4) is 112 Å². The van der Waals surface area contributed by atoms with Crippen LogP contribution in [0.4, 0.5) is 0 Å². The van der Waals surface area contributed by atoms with Crippen LogP contribution in [0.25, 0.3) is 242 Å². The fourth-order valence-electron chi connectivity index (χ4n) is 28.8. The first-order chi connectivity index (χ1) is 71.0. The Balaban J connectivity index is 0.000000133. The molecule has 0 saturated heterocycles. The van der Waals surface area contributed by atoms with Crippen LogP contribution < -0.4 is 0 Å².